The summed E-state index contributed by atoms with van der Waals surface area (Å²) in [4.78, 5) is 34.3. The second-order valence-electron chi connectivity index (χ2n) is 9.12. The van der Waals surface area contributed by atoms with Crippen LogP contribution in [0, 0.1) is 11.8 Å². The Labute approximate surface area is 214 Å². The van der Waals surface area contributed by atoms with Crippen LogP contribution in [0.1, 0.15) is 42.3 Å². The number of carbonyl (C=O) groups is 2. The lowest BCUT2D eigenvalue weighted by molar-refractivity contribution is -0.129. The van der Waals surface area contributed by atoms with Crippen LogP contribution in [0.15, 0.2) is 54.6 Å². The molecule has 2 aliphatic rings. The Morgan fingerprint density at radius 3 is 2.36 bits per heavy atom. The highest BCUT2D eigenvalue weighted by molar-refractivity contribution is 7.18. The van der Waals surface area contributed by atoms with E-state index >= 15 is 0 Å². The van der Waals surface area contributed by atoms with Crippen LogP contribution in [-0.2, 0) is 4.79 Å². The molecule has 0 radical (unpaired) electrons. The molecule has 0 aliphatic carbocycles. The van der Waals surface area contributed by atoms with Crippen LogP contribution in [0.25, 0.3) is 11.3 Å². The summed E-state index contributed by atoms with van der Waals surface area (Å²) in [6, 6.07) is 17.1. The average Bonchev–Trinajstić information content (AvgIpc) is 3.51. The number of para-hydroxylation sites is 1. The van der Waals surface area contributed by atoms with Gasteiger partial charge in [0.25, 0.3) is 11.8 Å². The second kappa shape index (κ2) is 10.0. The molecule has 36 heavy (non-hydrogen) atoms. The number of amides is 2. The largest absolute Gasteiger partial charge is 0.457 e. The van der Waals surface area contributed by atoms with Crippen molar-refractivity contribution in [1.82, 2.24) is 9.88 Å². The monoisotopic (exact) mass is 500 g/mol. The molecule has 5 rings (SSSR count). The summed E-state index contributed by atoms with van der Waals surface area (Å²) in [6.45, 7) is 3.99. The molecule has 2 N–H and O–H groups in total. The van der Waals surface area contributed by atoms with E-state index in [9.17, 15) is 9.59 Å². The van der Waals surface area contributed by atoms with Crippen molar-refractivity contribution in [2.75, 3.05) is 24.5 Å². The molecule has 0 unspecified atom stereocenters. The third kappa shape index (κ3) is 4.67. The van der Waals surface area contributed by atoms with Crippen LogP contribution in [0.5, 0.6) is 11.5 Å². The molecule has 2 amide bonds. The molecule has 3 aromatic rings. The molecule has 1 spiro atoms. The molecule has 0 saturated carbocycles. The zero-order valence-electron chi connectivity index (χ0n) is 20.2. The Bertz CT molecular complexity index is 1320. The van der Waals surface area contributed by atoms with E-state index in [-0.39, 0.29) is 11.4 Å². The molecule has 2 saturated heterocycles. The highest BCUT2D eigenvalue weighted by Gasteiger charge is 2.45. The number of thiazole rings is 1. The van der Waals surface area contributed by atoms with Gasteiger partial charge in [-0.25, -0.2) is 4.98 Å². The fourth-order valence-corrected chi connectivity index (χ4v) is 6.17. The third-order valence-electron chi connectivity index (χ3n) is 6.98. The summed E-state index contributed by atoms with van der Waals surface area (Å²) in [5, 5.41) is 0.780. The van der Waals surface area contributed by atoms with Gasteiger partial charge in [-0.1, -0.05) is 35.5 Å². The Morgan fingerprint density at radius 1 is 1.00 bits per heavy atom. The minimum Gasteiger partial charge on any atom is -0.457 e. The van der Waals surface area contributed by atoms with Gasteiger partial charge in [0.05, 0.1) is 5.69 Å². The van der Waals surface area contributed by atoms with Crippen molar-refractivity contribution in [3.8, 4) is 34.6 Å². The van der Waals surface area contributed by atoms with Crippen molar-refractivity contribution >= 4 is 28.3 Å². The highest BCUT2D eigenvalue weighted by atomic mass is 32.1. The summed E-state index contributed by atoms with van der Waals surface area (Å²) in [5.74, 6) is 6.35. The summed E-state index contributed by atoms with van der Waals surface area (Å²) in [6.07, 6.45) is 3.73. The van der Waals surface area contributed by atoms with Crippen molar-refractivity contribution < 1.29 is 14.3 Å². The van der Waals surface area contributed by atoms with Gasteiger partial charge in [0.2, 0.25) is 0 Å². The smallest absolute Gasteiger partial charge is 0.298 e. The Hall–Kier alpha value is -3.83. The van der Waals surface area contributed by atoms with Crippen LogP contribution < -0.4 is 15.4 Å². The van der Waals surface area contributed by atoms with Gasteiger partial charge in [-0.2, -0.15) is 0 Å². The molecular formula is C28H28N4O3S. The van der Waals surface area contributed by atoms with E-state index in [0.717, 1.165) is 61.8 Å². The molecule has 0 bridgehead atoms. The van der Waals surface area contributed by atoms with Crippen molar-refractivity contribution in [3.63, 3.8) is 0 Å². The van der Waals surface area contributed by atoms with Gasteiger partial charge in [-0.15, -0.1) is 0 Å². The number of nitrogens with two attached hydrogens (primary N) is 1. The molecule has 0 atom stereocenters. The summed E-state index contributed by atoms with van der Waals surface area (Å²) >= 11 is 1.33. The zero-order valence-corrected chi connectivity index (χ0v) is 21.0. The molecule has 2 aromatic carbocycles. The number of nitrogens with zero attached hydrogens (tertiary/aromatic N) is 3. The molecule has 3 heterocycles. The Morgan fingerprint density at radius 2 is 1.69 bits per heavy atom. The fourth-order valence-electron chi connectivity index (χ4n) is 5.18. The number of hydrogen-bond donors (Lipinski definition) is 1. The van der Waals surface area contributed by atoms with Gasteiger partial charge >= 0.3 is 0 Å². The molecule has 2 aliphatic heterocycles. The number of hydrogen-bond acceptors (Lipinski definition) is 6. The lowest BCUT2D eigenvalue weighted by Gasteiger charge is -2.44. The second-order valence-corrected chi connectivity index (χ2v) is 10.1. The third-order valence-corrected chi connectivity index (χ3v) is 8.12. The Balaban J connectivity index is 1.33. The van der Waals surface area contributed by atoms with E-state index in [0.29, 0.717) is 16.3 Å². The number of carbonyl (C=O) groups excluding carboxylic acids is 2. The Kier molecular flexibility index (Phi) is 6.66. The molecule has 2 fully saturated rings. The first-order valence-electron chi connectivity index (χ1n) is 12.1. The van der Waals surface area contributed by atoms with Gasteiger partial charge in [-0.05, 0) is 74.9 Å². The van der Waals surface area contributed by atoms with Crippen LogP contribution >= 0.6 is 11.3 Å². The number of aromatic nitrogens is 1. The maximum absolute atomic E-state index is 12.5. The van der Waals surface area contributed by atoms with Crippen LogP contribution in [0.3, 0.4) is 0 Å². The SMILES string of the molecule is CC#CC(=O)N1CCCC12CCN(c1nc(-c3ccc(Oc4ccccc4)cc3)c(C(N)=O)s1)CC2. The minimum absolute atomic E-state index is 0.0734. The summed E-state index contributed by atoms with van der Waals surface area (Å²) < 4.78 is 5.88. The van der Waals surface area contributed by atoms with E-state index in [1.54, 1.807) is 6.92 Å². The lowest BCUT2D eigenvalue weighted by Crippen LogP contribution is -2.54. The number of rotatable bonds is 5. The topological polar surface area (TPSA) is 88.8 Å². The van der Waals surface area contributed by atoms with E-state index in [1.807, 2.05) is 59.5 Å². The first kappa shape index (κ1) is 23.9. The van der Waals surface area contributed by atoms with Crippen molar-refractivity contribution in [3.05, 3.63) is 59.5 Å². The zero-order chi connectivity index (χ0) is 25.1. The van der Waals surface area contributed by atoms with Crippen LogP contribution in [0.2, 0.25) is 0 Å². The van der Waals surface area contributed by atoms with Gasteiger partial charge in [0.1, 0.15) is 16.4 Å². The summed E-state index contributed by atoms with van der Waals surface area (Å²) in [7, 11) is 0. The van der Waals surface area contributed by atoms with Gasteiger partial charge < -0.3 is 20.3 Å². The predicted octanol–water partition coefficient (Wildman–Crippen LogP) is 4.69. The standard InChI is InChI=1S/C28H28N4O3S/c1-2-7-23(33)32-17-6-14-28(32)15-18-31(19-16-28)27-30-24(25(36-27)26(29)34)20-10-12-22(13-11-20)35-21-8-4-3-5-9-21/h3-5,8-13H,6,14-19H2,1H3,(H2,29,34). The van der Waals surface area contributed by atoms with Gasteiger partial charge in [-0.3, -0.25) is 9.59 Å². The van der Waals surface area contributed by atoms with E-state index in [1.165, 1.54) is 11.3 Å². The minimum atomic E-state index is -0.488. The molecule has 8 heteroatoms. The number of primary amides is 1. The predicted molar refractivity (Wildman–Crippen MR) is 141 cm³/mol. The number of likely N-dealkylation sites (tertiary alicyclic amines) is 1. The van der Waals surface area contributed by atoms with Crippen molar-refractivity contribution in [2.24, 2.45) is 5.73 Å². The van der Waals surface area contributed by atoms with Crippen molar-refractivity contribution in [2.45, 2.75) is 38.1 Å². The molecule has 7 nitrogen and oxygen atoms in total. The first-order valence-corrected chi connectivity index (χ1v) is 12.9. The quantitative estimate of drug-likeness (QED) is 0.514. The highest BCUT2D eigenvalue weighted by Crippen LogP contribution is 2.41. The number of benzene rings is 2. The van der Waals surface area contributed by atoms with Gasteiger partial charge in [0.15, 0.2) is 5.13 Å². The molecular weight excluding hydrogens is 472 g/mol. The lowest BCUT2D eigenvalue weighted by atomic mass is 9.85. The molecule has 184 valence electrons. The fraction of sp³-hybridized carbons (Fsp3) is 0.321. The van der Waals surface area contributed by atoms with E-state index in [4.69, 9.17) is 15.5 Å². The maximum Gasteiger partial charge on any atom is 0.298 e. The number of ether oxygens (including phenoxy) is 1. The number of piperidine rings is 1. The molecule has 1 aromatic heterocycles. The van der Waals surface area contributed by atoms with E-state index in [2.05, 4.69) is 16.7 Å². The normalized spacial score (nSPS) is 16.5. The van der Waals surface area contributed by atoms with Crippen LogP contribution in [0.4, 0.5) is 5.13 Å². The number of anilines is 1. The van der Waals surface area contributed by atoms with E-state index < -0.39 is 5.91 Å². The van der Waals surface area contributed by atoms with Crippen molar-refractivity contribution in [1.29, 1.82) is 0 Å². The maximum atomic E-state index is 12.5. The first-order chi connectivity index (χ1) is 17.5. The van der Waals surface area contributed by atoms with Crippen LogP contribution in [-0.4, -0.2) is 46.9 Å². The summed E-state index contributed by atoms with van der Waals surface area (Å²) in [5.41, 5.74) is 7.01. The average molecular weight is 501 g/mol. The van der Waals surface area contributed by atoms with Gasteiger partial charge in [0, 0.05) is 30.7 Å².